The van der Waals surface area contributed by atoms with Gasteiger partial charge in [0.05, 0.1) is 11.3 Å². The molecule has 4 nitrogen and oxygen atoms in total. The highest BCUT2D eigenvalue weighted by molar-refractivity contribution is 7.99. The zero-order chi connectivity index (χ0) is 10.8. The Hall–Kier alpha value is -0.550. The molecule has 0 aromatic carbocycles. The molecular weight excluding hydrogens is 210 g/mol. The van der Waals surface area contributed by atoms with Gasteiger partial charge < -0.3 is 10.3 Å². The fraction of sp³-hybridized carbons (Fsp3) is 0.800. The van der Waals surface area contributed by atoms with E-state index >= 15 is 0 Å². The van der Waals surface area contributed by atoms with Crippen molar-refractivity contribution in [1.82, 2.24) is 10.1 Å². The molecule has 1 saturated heterocycles. The van der Waals surface area contributed by atoms with Gasteiger partial charge in [-0.3, -0.25) is 0 Å². The highest BCUT2D eigenvalue weighted by Gasteiger charge is 2.25. The smallest absolute Gasteiger partial charge is 0.243 e. The predicted octanol–water partition coefficient (Wildman–Crippen LogP) is 2.29. The lowest BCUT2D eigenvalue weighted by Gasteiger charge is -2.09. The molecule has 1 aromatic heterocycles. The zero-order valence-electron chi connectivity index (χ0n) is 9.14. The lowest BCUT2D eigenvalue weighted by atomic mass is 10.1. The Bertz CT molecular complexity index is 304. The molecule has 2 N–H and O–H groups in total. The Kier molecular flexibility index (Phi) is 3.31. The monoisotopic (exact) mass is 227 g/mol. The Morgan fingerprint density at radius 3 is 2.93 bits per heavy atom. The largest absolute Gasteiger partial charge is 0.338 e. The molecule has 2 heterocycles. The average molecular weight is 227 g/mol. The number of nitrogens with zero attached hydrogens (tertiary/aromatic N) is 2. The summed E-state index contributed by atoms with van der Waals surface area (Å²) in [6, 6.07) is -0.141. The average Bonchev–Trinajstić information content (AvgIpc) is 2.86. The molecule has 0 spiro atoms. The maximum absolute atomic E-state index is 5.95. The van der Waals surface area contributed by atoms with Crippen LogP contribution in [0.2, 0.25) is 0 Å². The van der Waals surface area contributed by atoms with Crippen molar-refractivity contribution in [2.24, 2.45) is 11.7 Å². The van der Waals surface area contributed by atoms with Gasteiger partial charge in [-0.15, -0.1) is 0 Å². The number of nitrogens with two attached hydrogens (primary N) is 1. The van der Waals surface area contributed by atoms with E-state index < -0.39 is 0 Å². The third-order valence-corrected chi connectivity index (χ3v) is 4.05. The van der Waals surface area contributed by atoms with Crippen LogP contribution in [0.25, 0.3) is 0 Å². The molecule has 1 aliphatic heterocycles. The van der Waals surface area contributed by atoms with Gasteiger partial charge in [0.2, 0.25) is 5.89 Å². The third-order valence-electron chi connectivity index (χ3n) is 2.68. The fourth-order valence-corrected chi connectivity index (χ4v) is 2.78. The third kappa shape index (κ3) is 2.34. The van der Waals surface area contributed by atoms with E-state index in [-0.39, 0.29) is 6.04 Å². The van der Waals surface area contributed by atoms with Crippen LogP contribution in [0.3, 0.4) is 0 Å². The molecule has 0 radical (unpaired) electrons. The number of aromatic nitrogens is 2. The van der Waals surface area contributed by atoms with Crippen molar-refractivity contribution in [2.75, 3.05) is 5.75 Å². The summed E-state index contributed by atoms with van der Waals surface area (Å²) in [5.41, 5.74) is 5.95. The normalized spacial score (nSPS) is 23.6. The van der Waals surface area contributed by atoms with E-state index in [4.69, 9.17) is 10.3 Å². The summed E-state index contributed by atoms with van der Waals surface area (Å²) in [6.07, 6.45) is 2.40. The van der Waals surface area contributed by atoms with Crippen molar-refractivity contribution in [2.45, 2.75) is 38.0 Å². The molecule has 15 heavy (non-hydrogen) atoms. The van der Waals surface area contributed by atoms with Crippen LogP contribution in [0.5, 0.6) is 0 Å². The van der Waals surface area contributed by atoms with Gasteiger partial charge in [0.1, 0.15) is 0 Å². The highest BCUT2D eigenvalue weighted by atomic mass is 32.2. The zero-order valence-corrected chi connectivity index (χ0v) is 9.96. The van der Waals surface area contributed by atoms with E-state index in [1.807, 2.05) is 11.8 Å². The molecule has 0 bridgehead atoms. The Labute approximate surface area is 94.0 Å². The summed E-state index contributed by atoms with van der Waals surface area (Å²) in [4.78, 5) is 4.39. The summed E-state index contributed by atoms with van der Waals surface area (Å²) < 4.78 is 5.20. The number of hydrogen-bond donors (Lipinski definition) is 1. The van der Waals surface area contributed by atoms with Crippen molar-refractivity contribution in [1.29, 1.82) is 0 Å². The second kappa shape index (κ2) is 4.53. The lowest BCUT2D eigenvalue weighted by Crippen LogP contribution is -2.17. The quantitative estimate of drug-likeness (QED) is 0.858. The van der Waals surface area contributed by atoms with Crippen LogP contribution >= 0.6 is 11.8 Å². The van der Waals surface area contributed by atoms with Gasteiger partial charge in [0, 0.05) is 0 Å². The van der Waals surface area contributed by atoms with Crippen LogP contribution in [0.15, 0.2) is 4.52 Å². The van der Waals surface area contributed by atoms with Gasteiger partial charge in [0.25, 0.3) is 0 Å². The first-order chi connectivity index (χ1) is 7.18. The van der Waals surface area contributed by atoms with Crippen LogP contribution in [0, 0.1) is 5.92 Å². The minimum Gasteiger partial charge on any atom is -0.338 e. The molecule has 0 saturated carbocycles. The van der Waals surface area contributed by atoms with Gasteiger partial charge in [0.15, 0.2) is 5.82 Å². The summed E-state index contributed by atoms with van der Waals surface area (Å²) in [5, 5.41) is 4.43. The number of hydrogen-bond acceptors (Lipinski definition) is 5. The molecule has 2 atom stereocenters. The molecule has 5 heteroatoms. The fourth-order valence-electron chi connectivity index (χ4n) is 1.58. The van der Waals surface area contributed by atoms with Crippen LogP contribution in [-0.4, -0.2) is 15.9 Å². The van der Waals surface area contributed by atoms with E-state index in [1.165, 1.54) is 12.2 Å². The summed E-state index contributed by atoms with van der Waals surface area (Å²) in [5.74, 6) is 2.93. The SMILES string of the molecule is CC(C)[C@H](N)c1nc(C2CCCS2)no1. The van der Waals surface area contributed by atoms with E-state index in [2.05, 4.69) is 24.0 Å². The van der Waals surface area contributed by atoms with Gasteiger partial charge in [-0.1, -0.05) is 19.0 Å². The number of rotatable bonds is 3. The van der Waals surface area contributed by atoms with E-state index in [0.29, 0.717) is 17.1 Å². The van der Waals surface area contributed by atoms with Crippen LogP contribution in [0.4, 0.5) is 0 Å². The molecule has 84 valence electrons. The Balaban J connectivity index is 2.09. The molecule has 1 fully saturated rings. The lowest BCUT2D eigenvalue weighted by molar-refractivity contribution is 0.322. The van der Waals surface area contributed by atoms with Crippen LogP contribution in [0.1, 0.15) is 49.7 Å². The van der Waals surface area contributed by atoms with Gasteiger partial charge in [-0.05, 0) is 24.5 Å². The Morgan fingerprint density at radius 1 is 1.53 bits per heavy atom. The van der Waals surface area contributed by atoms with E-state index in [9.17, 15) is 0 Å². The molecular formula is C10H17N3OS. The Morgan fingerprint density at radius 2 is 2.33 bits per heavy atom. The molecule has 1 unspecified atom stereocenters. The molecule has 0 aliphatic carbocycles. The second-order valence-corrected chi connectivity index (χ2v) is 5.57. The minimum atomic E-state index is -0.141. The summed E-state index contributed by atoms with van der Waals surface area (Å²) in [6.45, 7) is 4.11. The van der Waals surface area contributed by atoms with Crippen molar-refractivity contribution in [3.05, 3.63) is 11.7 Å². The maximum Gasteiger partial charge on any atom is 0.243 e. The van der Waals surface area contributed by atoms with Gasteiger partial charge in [-0.25, -0.2) is 0 Å². The van der Waals surface area contributed by atoms with Gasteiger partial charge >= 0.3 is 0 Å². The first-order valence-electron chi connectivity index (χ1n) is 5.39. The molecule has 2 rings (SSSR count). The molecule has 0 amide bonds. The van der Waals surface area contributed by atoms with Crippen molar-refractivity contribution >= 4 is 11.8 Å². The topological polar surface area (TPSA) is 64.9 Å². The van der Waals surface area contributed by atoms with Gasteiger partial charge in [-0.2, -0.15) is 16.7 Å². The van der Waals surface area contributed by atoms with E-state index in [0.717, 1.165) is 12.2 Å². The maximum atomic E-state index is 5.95. The standard InChI is InChI=1S/C10H17N3OS/c1-6(2)8(11)10-12-9(13-14-10)7-4-3-5-15-7/h6-8H,3-5,11H2,1-2H3/t7?,8-/m0/s1. The summed E-state index contributed by atoms with van der Waals surface area (Å²) >= 11 is 1.90. The number of thioether (sulfide) groups is 1. The van der Waals surface area contributed by atoms with Crippen LogP contribution < -0.4 is 5.73 Å². The van der Waals surface area contributed by atoms with Crippen molar-refractivity contribution < 1.29 is 4.52 Å². The first kappa shape index (κ1) is 11.0. The molecule has 1 aliphatic rings. The predicted molar refractivity (Wildman–Crippen MR) is 60.5 cm³/mol. The van der Waals surface area contributed by atoms with Crippen LogP contribution in [-0.2, 0) is 0 Å². The summed E-state index contributed by atoms with van der Waals surface area (Å²) in [7, 11) is 0. The first-order valence-corrected chi connectivity index (χ1v) is 6.44. The van der Waals surface area contributed by atoms with E-state index in [1.54, 1.807) is 0 Å². The van der Waals surface area contributed by atoms with Crippen molar-refractivity contribution in [3.8, 4) is 0 Å². The van der Waals surface area contributed by atoms with Crippen molar-refractivity contribution in [3.63, 3.8) is 0 Å². The minimum absolute atomic E-state index is 0.141. The highest BCUT2D eigenvalue weighted by Crippen LogP contribution is 2.38. The second-order valence-electron chi connectivity index (χ2n) is 4.26. The molecule has 1 aromatic rings.